The third-order valence-corrected chi connectivity index (χ3v) is 19.3. The molecule has 6 aliphatic carbocycles. The number of benzene rings is 3. The van der Waals surface area contributed by atoms with E-state index in [1.54, 1.807) is 32.6 Å². The number of carbonyl (C=O) groups is 11. The van der Waals surface area contributed by atoms with Crippen LogP contribution < -0.4 is 15.9 Å². The minimum Gasteiger partial charge on any atom is -0.466 e. The number of allylic oxidation sites excluding steroid dienone is 1. The second-order valence-electron chi connectivity index (χ2n) is 23.1. The SMILES string of the molecule is CC1(O[Si](C)(C)C)CC1.CCOC(=O)C1C(=O)CC2(CC2)C(C(=O)OCC)C1=O.CCOC(=O)C=C1CC1.CCOC(=O)C=P(c1ccccc1)(c1ccccc1)c1ccccc1.CCOC(=O)CC(=O)CC(C)=O.O=C1CC(=O)CC2(CC2)C1. The van der Waals surface area contributed by atoms with Gasteiger partial charge in [0.1, 0.15) is 29.7 Å². The monoisotopic (exact) mass is 1210 g/mol. The molecular weight excluding hydrogens is 1120 g/mol. The van der Waals surface area contributed by atoms with Crippen LogP contribution in [0, 0.1) is 22.7 Å². The van der Waals surface area contributed by atoms with Crippen molar-refractivity contribution in [1.29, 1.82) is 0 Å². The van der Waals surface area contributed by atoms with Gasteiger partial charge in [-0.25, -0.2) is 9.59 Å². The Morgan fingerprint density at radius 3 is 1.39 bits per heavy atom. The van der Waals surface area contributed by atoms with Crippen LogP contribution in [-0.2, 0) is 80.9 Å². The fourth-order valence-electron chi connectivity index (χ4n) is 9.94. The third kappa shape index (κ3) is 23.6. The van der Waals surface area contributed by atoms with Gasteiger partial charge in [-0.3, -0.25) is 43.2 Å². The molecule has 6 aliphatic rings. The summed E-state index contributed by atoms with van der Waals surface area (Å²) in [6, 6.07) is 30.7. The Kier molecular flexibility index (Phi) is 27.7. The molecule has 0 aromatic heterocycles. The fourth-order valence-corrected chi connectivity index (χ4v) is 15.3. The first kappa shape index (κ1) is 70.7. The van der Waals surface area contributed by atoms with Crippen LogP contribution in [0.2, 0.25) is 19.6 Å². The lowest BCUT2D eigenvalue weighted by Gasteiger charge is -2.31. The highest BCUT2D eigenvalue weighted by Gasteiger charge is 2.64. The van der Waals surface area contributed by atoms with Crippen LogP contribution >= 0.6 is 6.89 Å². The van der Waals surface area contributed by atoms with E-state index < -0.39 is 61.9 Å². The molecule has 0 aliphatic heterocycles. The maximum absolute atomic E-state index is 12.5. The summed E-state index contributed by atoms with van der Waals surface area (Å²) in [6.07, 6.45) is 11.0. The van der Waals surface area contributed by atoms with Crippen molar-refractivity contribution in [3.05, 3.63) is 103 Å². The molecule has 2 spiro atoms. The summed E-state index contributed by atoms with van der Waals surface area (Å²) in [5, 5.41) is 3.42. The summed E-state index contributed by atoms with van der Waals surface area (Å²) >= 11 is 0. The lowest BCUT2D eigenvalue weighted by molar-refractivity contribution is -0.165. The standard InChI is InChI=1S/C22H21O2P.C14H18O6.C8H12O4.C8H10O2.C7H10O2.C7H16OSi/c1-2-24-22(23)18-25(19-12-6-3-7-13-19,20-14-8-4-9-15-20)21-16-10-5-11-17-21;1-3-19-12(17)9-8(15)7-14(5-6-14)10(11(9)16)13(18)20-4-2;1-3-12-8(11)5-7(10)4-6(2)9;9-6-3-7(10)5-8(4-6)1-2-8;1-2-9-7(8)5-6-3-4-6;1-7(5-6-7)8-9(2,3)4/h3-18H,2H2,1H3;9-10H,3-7H2,1-2H3;3-5H2,1-2H3;1-5H2;5H,2-4H2,1H3;5-6H2,1-4H3. The number of ketones is 6. The number of rotatable bonds is 18. The highest BCUT2D eigenvalue weighted by atomic mass is 31.2. The van der Waals surface area contributed by atoms with Crippen LogP contribution in [0.4, 0.5) is 0 Å². The molecule has 0 bridgehead atoms. The van der Waals surface area contributed by atoms with Crippen LogP contribution in [-0.4, -0.2) is 117 Å². The van der Waals surface area contributed by atoms with Crippen LogP contribution in [0.1, 0.15) is 138 Å². The van der Waals surface area contributed by atoms with Gasteiger partial charge in [-0.1, -0.05) is 96.6 Å². The van der Waals surface area contributed by atoms with Gasteiger partial charge in [0.15, 0.2) is 31.6 Å². The molecule has 6 fully saturated rings. The van der Waals surface area contributed by atoms with Gasteiger partial charge < -0.3 is 28.1 Å². The average molecular weight is 1210 g/mol. The summed E-state index contributed by atoms with van der Waals surface area (Å²) < 4.78 is 30.1. The maximum atomic E-state index is 12.5. The average Bonchev–Trinajstić information content (AvgIpc) is 1.74. The molecule has 0 saturated heterocycles. The van der Waals surface area contributed by atoms with E-state index in [4.69, 9.17) is 18.6 Å². The molecule has 0 N–H and O–H groups in total. The fraction of sp³-hybridized carbons (Fsp3) is 0.515. The molecular formula is C66H87O17PSi. The van der Waals surface area contributed by atoms with Gasteiger partial charge in [0.25, 0.3) is 0 Å². The normalized spacial score (nSPS) is 18.5. The van der Waals surface area contributed by atoms with E-state index in [-0.39, 0.29) is 86.0 Å². The van der Waals surface area contributed by atoms with Crippen molar-refractivity contribution < 1.29 is 80.9 Å². The molecule has 3 aromatic carbocycles. The largest absolute Gasteiger partial charge is 0.466 e. The third-order valence-electron chi connectivity index (χ3n) is 14.3. The van der Waals surface area contributed by atoms with E-state index in [1.807, 2.05) is 68.4 Å². The number of esters is 5. The molecule has 2 unspecified atom stereocenters. The van der Waals surface area contributed by atoms with Crippen LogP contribution in [0.5, 0.6) is 0 Å². The smallest absolute Gasteiger partial charge is 0.331 e. The van der Waals surface area contributed by atoms with Crippen molar-refractivity contribution in [2.45, 2.75) is 164 Å². The van der Waals surface area contributed by atoms with E-state index in [0.717, 1.165) is 41.6 Å². The summed E-state index contributed by atoms with van der Waals surface area (Å²) in [4.78, 5) is 125. The van der Waals surface area contributed by atoms with Crippen molar-refractivity contribution in [1.82, 2.24) is 0 Å². The number of carbonyl (C=O) groups excluding carboxylic acids is 11. The van der Waals surface area contributed by atoms with Crippen molar-refractivity contribution in [2.75, 3.05) is 33.0 Å². The number of hydrogen-bond acceptors (Lipinski definition) is 17. The highest BCUT2D eigenvalue weighted by Crippen LogP contribution is 2.59. The Bertz CT molecular complexity index is 2780. The first-order chi connectivity index (χ1) is 40.2. The number of hydrogen-bond donors (Lipinski definition) is 0. The molecule has 2 atom stereocenters. The number of ether oxygens (including phenoxy) is 5. The molecule has 462 valence electrons. The molecule has 6 saturated carbocycles. The number of Topliss-reactive ketones (excluding diaryl/α,β-unsaturated/α-hetero) is 6. The van der Waals surface area contributed by atoms with Gasteiger partial charge in [-0.2, -0.15) is 0 Å². The molecule has 19 heteroatoms. The predicted molar refractivity (Wildman–Crippen MR) is 327 cm³/mol. The Labute approximate surface area is 502 Å². The van der Waals surface area contributed by atoms with Gasteiger partial charge in [-0.15, -0.1) is 0 Å². The second-order valence-corrected chi connectivity index (χ2v) is 30.8. The van der Waals surface area contributed by atoms with Gasteiger partial charge in [0, 0.05) is 31.1 Å². The Balaban J connectivity index is 0.000000230. The van der Waals surface area contributed by atoms with Crippen LogP contribution in [0.25, 0.3) is 0 Å². The molecule has 0 heterocycles. The highest BCUT2D eigenvalue weighted by molar-refractivity contribution is 7.95. The predicted octanol–water partition coefficient (Wildman–Crippen LogP) is 9.25. The van der Waals surface area contributed by atoms with E-state index >= 15 is 0 Å². The molecule has 9 rings (SSSR count). The first-order valence-corrected chi connectivity index (χ1v) is 34.7. The molecule has 3 aromatic rings. The summed E-state index contributed by atoms with van der Waals surface area (Å²) in [5.74, 6) is -4.57. The zero-order valence-corrected chi connectivity index (χ0v) is 53.2. The minimum atomic E-state index is -2.24. The van der Waals surface area contributed by atoms with Crippen molar-refractivity contribution in [3.63, 3.8) is 0 Å². The summed E-state index contributed by atoms with van der Waals surface area (Å²) in [7, 11) is -1.23. The summed E-state index contributed by atoms with van der Waals surface area (Å²) in [5.41, 5.74) is 1.08. The first-order valence-electron chi connectivity index (χ1n) is 29.5. The zero-order chi connectivity index (χ0) is 63.0. The second kappa shape index (κ2) is 33.2. The van der Waals surface area contributed by atoms with E-state index in [1.165, 1.54) is 25.3 Å². The van der Waals surface area contributed by atoms with Crippen molar-refractivity contribution in [2.24, 2.45) is 22.7 Å². The maximum Gasteiger partial charge on any atom is 0.331 e. The molecule has 17 nitrogen and oxygen atoms in total. The quantitative estimate of drug-likeness (QED) is 0.0288. The van der Waals surface area contributed by atoms with E-state index in [9.17, 15) is 52.7 Å². The van der Waals surface area contributed by atoms with Gasteiger partial charge in [0.2, 0.25) is 0 Å². The Morgan fingerprint density at radius 1 is 0.565 bits per heavy atom. The lowest BCUT2D eigenvalue weighted by Crippen LogP contribution is -2.49. The van der Waals surface area contributed by atoms with Gasteiger partial charge in [-0.05, 0) is 153 Å². The van der Waals surface area contributed by atoms with Crippen molar-refractivity contribution in [3.8, 4) is 0 Å². The van der Waals surface area contributed by atoms with E-state index in [2.05, 4.69) is 72.4 Å². The minimum absolute atomic E-state index is 0.0751. The van der Waals surface area contributed by atoms with E-state index in [0.29, 0.717) is 44.5 Å². The molecule has 0 radical (unpaired) electrons. The molecule has 85 heavy (non-hydrogen) atoms. The van der Waals surface area contributed by atoms with Crippen molar-refractivity contribution >= 4 is 101 Å². The van der Waals surface area contributed by atoms with Gasteiger partial charge in [0.05, 0.1) is 51.5 Å². The van der Waals surface area contributed by atoms with Gasteiger partial charge >= 0.3 is 29.8 Å². The van der Waals surface area contributed by atoms with Crippen LogP contribution in [0.15, 0.2) is 103 Å². The zero-order valence-electron chi connectivity index (χ0n) is 51.3. The summed E-state index contributed by atoms with van der Waals surface area (Å²) in [6.45, 7) is 17.9. The topological polar surface area (TPSA) is 243 Å². The lowest BCUT2D eigenvalue weighted by atomic mass is 9.70. The van der Waals surface area contributed by atoms with Crippen LogP contribution in [0.3, 0.4) is 0 Å². The molecule has 0 amide bonds. The Morgan fingerprint density at radius 2 is 1.01 bits per heavy atom. The Hall–Kier alpha value is -6.75.